The molecule has 1 saturated carbocycles. The number of aliphatic hydroxyl groups is 1. The number of hydrogen-bond acceptors (Lipinski definition) is 2. The maximum absolute atomic E-state index is 9.48. The van der Waals surface area contributed by atoms with Crippen LogP contribution in [0.5, 0.6) is 0 Å². The van der Waals surface area contributed by atoms with Crippen LogP contribution in [0, 0.1) is 5.92 Å². The predicted molar refractivity (Wildman–Crippen MR) is 48.5 cm³/mol. The third-order valence-corrected chi connectivity index (χ3v) is 2.52. The summed E-state index contributed by atoms with van der Waals surface area (Å²) in [4.78, 5) is 0. The van der Waals surface area contributed by atoms with Crippen LogP contribution < -0.4 is 0 Å². The van der Waals surface area contributed by atoms with Gasteiger partial charge in [-0.25, -0.2) is 0 Å². The average Bonchev–Trinajstić information content (AvgIpc) is 1.98. The van der Waals surface area contributed by atoms with Crippen LogP contribution >= 0.6 is 9.24 Å². The molecule has 1 N–H and O–H groups in total. The number of ether oxygens (including phenoxy) is 1. The first-order chi connectivity index (χ1) is 5.24. The Kier molecular flexibility index (Phi) is 3.77. The Bertz CT molecular complexity index is 119. The predicted octanol–water partition coefficient (Wildman–Crippen LogP) is 1.39. The van der Waals surface area contributed by atoms with Crippen LogP contribution in [0.4, 0.5) is 0 Å². The molecule has 3 heteroatoms. The van der Waals surface area contributed by atoms with Crippen molar-refractivity contribution in [2.75, 3.05) is 6.35 Å². The molecule has 0 aromatic heterocycles. The van der Waals surface area contributed by atoms with Crippen molar-refractivity contribution in [3.05, 3.63) is 0 Å². The molecular weight excluding hydrogens is 159 g/mol. The summed E-state index contributed by atoms with van der Waals surface area (Å²) in [5.41, 5.74) is 0. The molecule has 4 atom stereocenters. The minimum Gasteiger partial charge on any atom is -0.390 e. The standard InChI is InChI=1S/C8H17O2P/c1-6-2-3-7(9)8(4-6)10-5-11/h6-9H,2-5,11H2,1H3. The maximum atomic E-state index is 9.48. The number of aliphatic hydroxyl groups excluding tert-OH is 1. The van der Waals surface area contributed by atoms with Gasteiger partial charge in [0, 0.05) is 0 Å². The third kappa shape index (κ3) is 2.70. The molecule has 0 radical (unpaired) electrons. The summed E-state index contributed by atoms with van der Waals surface area (Å²) in [6, 6.07) is 0. The minimum absolute atomic E-state index is 0.0799. The largest absolute Gasteiger partial charge is 0.390 e. The first-order valence-corrected chi connectivity index (χ1v) is 5.05. The van der Waals surface area contributed by atoms with E-state index in [-0.39, 0.29) is 12.2 Å². The molecule has 0 aliphatic heterocycles. The lowest BCUT2D eigenvalue weighted by Gasteiger charge is -2.31. The highest BCUT2D eigenvalue weighted by Crippen LogP contribution is 2.26. The molecule has 0 aromatic rings. The van der Waals surface area contributed by atoms with Crippen molar-refractivity contribution in [1.29, 1.82) is 0 Å². The Morgan fingerprint density at radius 3 is 2.91 bits per heavy atom. The van der Waals surface area contributed by atoms with Crippen molar-refractivity contribution < 1.29 is 9.84 Å². The van der Waals surface area contributed by atoms with E-state index in [0.717, 1.165) is 19.3 Å². The van der Waals surface area contributed by atoms with Gasteiger partial charge in [0.25, 0.3) is 0 Å². The second kappa shape index (κ2) is 4.39. The van der Waals surface area contributed by atoms with Gasteiger partial charge in [-0.15, -0.1) is 9.24 Å². The van der Waals surface area contributed by atoms with Crippen LogP contribution in [-0.2, 0) is 4.74 Å². The van der Waals surface area contributed by atoms with Crippen LogP contribution in [-0.4, -0.2) is 23.7 Å². The van der Waals surface area contributed by atoms with Gasteiger partial charge in [-0.3, -0.25) is 0 Å². The van der Waals surface area contributed by atoms with Gasteiger partial charge in [0.05, 0.1) is 18.6 Å². The molecule has 0 amide bonds. The van der Waals surface area contributed by atoms with Gasteiger partial charge < -0.3 is 9.84 Å². The summed E-state index contributed by atoms with van der Waals surface area (Å²) in [6.07, 6.45) is 3.53. The number of hydrogen-bond donors (Lipinski definition) is 1. The van der Waals surface area contributed by atoms with Crippen LogP contribution in [0.15, 0.2) is 0 Å². The summed E-state index contributed by atoms with van der Waals surface area (Å²) in [5, 5.41) is 9.48. The van der Waals surface area contributed by atoms with Gasteiger partial charge in [-0.05, 0) is 25.2 Å². The smallest absolute Gasteiger partial charge is 0.0841 e. The molecule has 4 unspecified atom stereocenters. The molecule has 0 heterocycles. The van der Waals surface area contributed by atoms with E-state index < -0.39 is 0 Å². The van der Waals surface area contributed by atoms with Gasteiger partial charge in [0.15, 0.2) is 0 Å². The third-order valence-electron chi connectivity index (χ3n) is 2.33. The van der Waals surface area contributed by atoms with E-state index in [9.17, 15) is 5.11 Å². The molecule has 0 saturated heterocycles. The molecule has 0 spiro atoms. The van der Waals surface area contributed by atoms with Gasteiger partial charge >= 0.3 is 0 Å². The number of rotatable bonds is 2. The maximum Gasteiger partial charge on any atom is 0.0841 e. The Morgan fingerprint density at radius 2 is 2.27 bits per heavy atom. The highest BCUT2D eigenvalue weighted by atomic mass is 31.0. The molecule has 1 fully saturated rings. The van der Waals surface area contributed by atoms with Crippen molar-refractivity contribution >= 4 is 9.24 Å². The molecule has 1 aliphatic carbocycles. The van der Waals surface area contributed by atoms with E-state index in [0.29, 0.717) is 12.3 Å². The van der Waals surface area contributed by atoms with Gasteiger partial charge in [0.1, 0.15) is 0 Å². The Labute approximate surface area is 70.5 Å². The lowest BCUT2D eigenvalue weighted by Crippen LogP contribution is -2.34. The average molecular weight is 176 g/mol. The molecule has 1 aliphatic rings. The minimum atomic E-state index is -0.230. The Balaban J connectivity index is 2.34. The van der Waals surface area contributed by atoms with Crippen LogP contribution in [0.1, 0.15) is 26.2 Å². The molecular formula is C8H17O2P. The fraction of sp³-hybridized carbons (Fsp3) is 1.00. The van der Waals surface area contributed by atoms with Crippen LogP contribution in [0.3, 0.4) is 0 Å². The summed E-state index contributed by atoms with van der Waals surface area (Å²) >= 11 is 0. The fourth-order valence-electron chi connectivity index (χ4n) is 1.62. The van der Waals surface area contributed by atoms with Crippen molar-refractivity contribution in [3.63, 3.8) is 0 Å². The summed E-state index contributed by atoms with van der Waals surface area (Å²) in [6.45, 7) is 2.21. The summed E-state index contributed by atoms with van der Waals surface area (Å²) < 4.78 is 5.38. The van der Waals surface area contributed by atoms with Gasteiger partial charge in [-0.2, -0.15) is 0 Å². The van der Waals surface area contributed by atoms with E-state index in [1.807, 2.05) is 0 Å². The van der Waals surface area contributed by atoms with Crippen molar-refractivity contribution in [3.8, 4) is 0 Å². The summed E-state index contributed by atoms with van der Waals surface area (Å²) in [5.74, 6) is 0.708. The van der Waals surface area contributed by atoms with Gasteiger partial charge in [-0.1, -0.05) is 6.92 Å². The highest BCUT2D eigenvalue weighted by Gasteiger charge is 2.26. The molecule has 1 rings (SSSR count). The van der Waals surface area contributed by atoms with Gasteiger partial charge in [0.2, 0.25) is 0 Å². The van der Waals surface area contributed by atoms with Crippen LogP contribution in [0.2, 0.25) is 0 Å². The first kappa shape index (κ1) is 9.44. The van der Waals surface area contributed by atoms with E-state index in [1.165, 1.54) is 0 Å². The van der Waals surface area contributed by atoms with Crippen LogP contribution in [0.25, 0.3) is 0 Å². The zero-order valence-electron chi connectivity index (χ0n) is 6.99. The molecule has 0 bridgehead atoms. The SMILES string of the molecule is CC1CCC(O)C(OCP)C1. The van der Waals surface area contributed by atoms with Crippen molar-refractivity contribution in [2.24, 2.45) is 5.92 Å². The van der Waals surface area contributed by atoms with E-state index in [1.54, 1.807) is 0 Å². The lowest BCUT2D eigenvalue weighted by atomic mass is 9.87. The topological polar surface area (TPSA) is 29.5 Å². The Hall–Kier alpha value is 0.350. The first-order valence-electron chi connectivity index (χ1n) is 4.23. The molecule has 66 valence electrons. The quantitative estimate of drug-likeness (QED) is 0.644. The van der Waals surface area contributed by atoms with E-state index in [4.69, 9.17) is 4.74 Å². The second-order valence-electron chi connectivity index (χ2n) is 3.36. The monoisotopic (exact) mass is 176 g/mol. The summed E-state index contributed by atoms with van der Waals surface area (Å²) in [7, 11) is 2.52. The van der Waals surface area contributed by atoms with E-state index in [2.05, 4.69) is 16.2 Å². The molecule has 2 nitrogen and oxygen atoms in total. The highest BCUT2D eigenvalue weighted by molar-refractivity contribution is 7.16. The Morgan fingerprint density at radius 1 is 1.55 bits per heavy atom. The molecule has 11 heavy (non-hydrogen) atoms. The zero-order valence-corrected chi connectivity index (χ0v) is 8.15. The van der Waals surface area contributed by atoms with E-state index >= 15 is 0 Å². The normalized spacial score (nSPS) is 39.0. The fourth-order valence-corrected chi connectivity index (χ4v) is 1.86. The second-order valence-corrected chi connectivity index (χ2v) is 3.69. The zero-order chi connectivity index (χ0) is 8.27. The molecule has 0 aromatic carbocycles. The van der Waals surface area contributed by atoms with Crippen molar-refractivity contribution in [2.45, 2.75) is 38.4 Å². The van der Waals surface area contributed by atoms with Crippen molar-refractivity contribution in [1.82, 2.24) is 0 Å². The lowest BCUT2D eigenvalue weighted by molar-refractivity contribution is -0.0537.